The van der Waals surface area contributed by atoms with E-state index in [0.717, 1.165) is 17.8 Å². The lowest BCUT2D eigenvalue weighted by atomic mass is 9.99. The van der Waals surface area contributed by atoms with E-state index in [2.05, 4.69) is 28.9 Å². The predicted molar refractivity (Wildman–Crippen MR) is 70.4 cm³/mol. The minimum absolute atomic E-state index is 0.346. The van der Waals surface area contributed by atoms with E-state index in [1.165, 1.54) is 6.33 Å². The lowest BCUT2D eigenvalue weighted by Gasteiger charge is -2.22. The molecule has 0 amide bonds. The summed E-state index contributed by atoms with van der Waals surface area (Å²) < 4.78 is 7.17. The highest BCUT2D eigenvalue weighted by Crippen LogP contribution is 2.35. The van der Waals surface area contributed by atoms with Gasteiger partial charge in [-0.05, 0) is 12.3 Å². The molecule has 1 unspecified atom stereocenters. The number of rotatable bonds is 4. The van der Waals surface area contributed by atoms with Crippen molar-refractivity contribution < 1.29 is 4.74 Å². The van der Waals surface area contributed by atoms with Gasteiger partial charge in [0.1, 0.15) is 12.1 Å². The van der Waals surface area contributed by atoms with Gasteiger partial charge in [-0.15, -0.1) is 0 Å². The standard InChI is InChI=1S/C12H19N5O/c1-6-8(2)9-10(18-5)15-12-13-7-14-17(12)11(9)16(3)4/h7-8H,6H2,1-5H3. The third kappa shape index (κ3) is 1.87. The highest BCUT2D eigenvalue weighted by molar-refractivity contribution is 5.57. The van der Waals surface area contributed by atoms with Crippen LogP contribution in [0.25, 0.3) is 5.78 Å². The van der Waals surface area contributed by atoms with Crippen LogP contribution in [-0.2, 0) is 0 Å². The van der Waals surface area contributed by atoms with Crippen LogP contribution in [0.5, 0.6) is 5.88 Å². The van der Waals surface area contributed by atoms with E-state index in [4.69, 9.17) is 4.74 Å². The Labute approximate surface area is 107 Å². The SMILES string of the molecule is CCC(C)c1c(OC)nc2ncnn2c1N(C)C. The van der Waals surface area contributed by atoms with E-state index in [9.17, 15) is 0 Å². The van der Waals surface area contributed by atoms with Crippen LogP contribution in [0, 0.1) is 0 Å². The second-order valence-corrected chi connectivity index (χ2v) is 4.53. The lowest BCUT2D eigenvalue weighted by molar-refractivity contribution is 0.388. The summed E-state index contributed by atoms with van der Waals surface area (Å²) >= 11 is 0. The Kier molecular flexibility index (Phi) is 3.36. The normalized spacial score (nSPS) is 12.7. The van der Waals surface area contributed by atoms with Crippen LogP contribution in [0.4, 0.5) is 5.82 Å². The number of fused-ring (bicyclic) bond motifs is 1. The molecule has 0 saturated carbocycles. The first-order valence-electron chi connectivity index (χ1n) is 6.05. The van der Waals surface area contributed by atoms with Gasteiger partial charge < -0.3 is 9.64 Å². The van der Waals surface area contributed by atoms with Crippen LogP contribution in [0.1, 0.15) is 31.7 Å². The van der Waals surface area contributed by atoms with Gasteiger partial charge in [0, 0.05) is 14.1 Å². The van der Waals surface area contributed by atoms with E-state index in [-0.39, 0.29) is 0 Å². The third-order valence-electron chi connectivity index (χ3n) is 3.13. The molecule has 18 heavy (non-hydrogen) atoms. The predicted octanol–water partition coefficient (Wildman–Crippen LogP) is 1.71. The molecule has 0 spiro atoms. The van der Waals surface area contributed by atoms with Gasteiger partial charge in [0.05, 0.1) is 12.7 Å². The molecule has 0 fully saturated rings. The topological polar surface area (TPSA) is 55.6 Å². The van der Waals surface area contributed by atoms with Crippen LogP contribution in [0.2, 0.25) is 0 Å². The van der Waals surface area contributed by atoms with Crippen LogP contribution >= 0.6 is 0 Å². The van der Waals surface area contributed by atoms with Gasteiger partial charge in [0.15, 0.2) is 0 Å². The molecule has 98 valence electrons. The minimum atomic E-state index is 0.346. The van der Waals surface area contributed by atoms with Crippen molar-refractivity contribution in [1.29, 1.82) is 0 Å². The second-order valence-electron chi connectivity index (χ2n) is 4.53. The van der Waals surface area contributed by atoms with Gasteiger partial charge in [0.25, 0.3) is 5.78 Å². The fourth-order valence-electron chi connectivity index (χ4n) is 2.04. The summed E-state index contributed by atoms with van der Waals surface area (Å²) in [5, 5.41) is 4.24. The summed E-state index contributed by atoms with van der Waals surface area (Å²) in [5.41, 5.74) is 1.07. The molecule has 0 aliphatic heterocycles. The van der Waals surface area contributed by atoms with E-state index in [0.29, 0.717) is 17.6 Å². The number of nitrogens with zero attached hydrogens (tertiary/aromatic N) is 5. The van der Waals surface area contributed by atoms with Crippen molar-refractivity contribution in [1.82, 2.24) is 19.6 Å². The summed E-state index contributed by atoms with van der Waals surface area (Å²) in [6.07, 6.45) is 2.52. The van der Waals surface area contributed by atoms with Gasteiger partial charge >= 0.3 is 0 Å². The third-order valence-corrected chi connectivity index (χ3v) is 3.13. The highest BCUT2D eigenvalue weighted by Gasteiger charge is 2.22. The molecular formula is C12H19N5O. The first-order chi connectivity index (χ1) is 8.60. The molecule has 0 bridgehead atoms. The first-order valence-corrected chi connectivity index (χ1v) is 6.05. The summed E-state index contributed by atoms with van der Waals surface area (Å²) in [5.74, 6) is 2.51. The molecule has 2 aromatic heterocycles. The van der Waals surface area contributed by atoms with Crippen molar-refractivity contribution in [3.63, 3.8) is 0 Å². The van der Waals surface area contributed by atoms with Gasteiger partial charge in [-0.1, -0.05) is 13.8 Å². The van der Waals surface area contributed by atoms with Crippen LogP contribution in [-0.4, -0.2) is 40.8 Å². The van der Waals surface area contributed by atoms with Crippen LogP contribution < -0.4 is 9.64 Å². The molecule has 0 aliphatic rings. The molecule has 0 N–H and O–H groups in total. The van der Waals surface area contributed by atoms with Gasteiger partial charge in [-0.2, -0.15) is 19.6 Å². The van der Waals surface area contributed by atoms with E-state index in [1.807, 2.05) is 19.0 Å². The fourth-order valence-corrected chi connectivity index (χ4v) is 2.04. The van der Waals surface area contributed by atoms with E-state index in [1.54, 1.807) is 11.6 Å². The van der Waals surface area contributed by atoms with Crippen molar-refractivity contribution in [2.24, 2.45) is 0 Å². The summed E-state index contributed by atoms with van der Waals surface area (Å²) in [7, 11) is 5.62. The maximum Gasteiger partial charge on any atom is 0.257 e. The minimum Gasteiger partial charge on any atom is -0.481 e. The average molecular weight is 249 g/mol. The zero-order chi connectivity index (χ0) is 13.3. The molecule has 0 aromatic carbocycles. The zero-order valence-electron chi connectivity index (χ0n) is 11.5. The lowest BCUT2D eigenvalue weighted by Crippen LogP contribution is -2.19. The Morgan fingerprint density at radius 1 is 1.44 bits per heavy atom. The maximum absolute atomic E-state index is 5.42. The quantitative estimate of drug-likeness (QED) is 0.825. The molecular weight excluding hydrogens is 230 g/mol. The highest BCUT2D eigenvalue weighted by atomic mass is 16.5. The summed E-state index contributed by atoms with van der Waals surface area (Å²) in [4.78, 5) is 10.6. The Morgan fingerprint density at radius 2 is 2.17 bits per heavy atom. The van der Waals surface area contributed by atoms with E-state index >= 15 is 0 Å². The van der Waals surface area contributed by atoms with Crippen molar-refractivity contribution in [3.05, 3.63) is 11.9 Å². The molecule has 2 aromatic rings. The van der Waals surface area contributed by atoms with Crippen molar-refractivity contribution in [2.75, 3.05) is 26.1 Å². The van der Waals surface area contributed by atoms with Gasteiger partial charge in [-0.3, -0.25) is 0 Å². The Morgan fingerprint density at radius 3 is 2.72 bits per heavy atom. The summed E-state index contributed by atoms with van der Waals surface area (Å²) in [6.45, 7) is 4.31. The Bertz CT molecular complexity index is 549. The monoisotopic (exact) mass is 249 g/mol. The summed E-state index contributed by atoms with van der Waals surface area (Å²) in [6, 6.07) is 0. The van der Waals surface area contributed by atoms with Crippen molar-refractivity contribution in [3.8, 4) is 5.88 Å². The first kappa shape index (κ1) is 12.6. The van der Waals surface area contributed by atoms with Gasteiger partial charge in [-0.25, -0.2) is 0 Å². The molecule has 0 saturated heterocycles. The molecule has 2 heterocycles. The van der Waals surface area contributed by atoms with E-state index < -0.39 is 0 Å². The number of anilines is 1. The Balaban J connectivity index is 2.80. The van der Waals surface area contributed by atoms with Crippen LogP contribution in [0.3, 0.4) is 0 Å². The smallest absolute Gasteiger partial charge is 0.257 e. The number of hydrogen-bond donors (Lipinski definition) is 0. The largest absolute Gasteiger partial charge is 0.481 e. The number of methoxy groups -OCH3 is 1. The van der Waals surface area contributed by atoms with Crippen molar-refractivity contribution in [2.45, 2.75) is 26.2 Å². The maximum atomic E-state index is 5.42. The Hall–Kier alpha value is -1.85. The molecule has 2 rings (SSSR count). The molecule has 1 atom stereocenters. The fraction of sp³-hybridized carbons (Fsp3) is 0.583. The molecule has 0 aliphatic carbocycles. The van der Waals surface area contributed by atoms with Gasteiger partial charge in [0.2, 0.25) is 5.88 Å². The zero-order valence-corrected chi connectivity index (χ0v) is 11.5. The molecule has 6 heteroatoms. The molecule has 6 nitrogen and oxygen atoms in total. The number of ether oxygens (including phenoxy) is 1. The van der Waals surface area contributed by atoms with Crippen LogP contribution in [0.15, 0.2) is 6.33 Å². The van der Waals surface area contributed by atoms with Crippen molar-refractivity contribution >= 4 is 11.6 Å². The second kappa shape index (κ2) is 4.80. The number of aromatic nitrogens is 4. The molecule has 0 radical (unpaired) electrons. The average Bonchev–Trinajstić information content (AvgIpc) is 2.82. The number of hydrogen-bond acceptors (Lipinski definition) is 5.